The summed E-state index contributed by atoms with van der Waals surface area (Å²) in [5.74, 6) is -0.131. The Morgan fingerprint density at radius 2 is 1.69 bits per heavy atom. The fourth-order valence-electron chi connectivity index (χ4n) is 3.45. The van der Waals surface area contributed by atoms with E-state index in [0.29, 0.717) is 19.4 Å². The second-order valence-electron chi connectivity index (χ2n) is 9.59. The normalized spacial score (nSPS) is 13.3. The van der Waals surface area contributed by atoms with Crippen LogP contribution in [0.25, 0.3) is 0 Å². The molecular weight excluding hydrogens is 464 g/mol. The van der Waals surface area contributed by atoms with Gasteiger partial charge in [-0.15, -0.1) is 0 Å². The van der Waals surface area contributed by atoms with E-state index >= 15 is 0 Å². The lowest BCUT2D eigenvalue weighted by Gasteiger charge is -2.30. The minimum Gasteiger partial charge on any atom is -0.352 e. The minimum absolute atomic E-state index is 0.0170. The van der Waals surface area contributed by atoms with Crippen molar-refractivity contribution in [3.63, 3.8) is 0 Å². The summed E-state index contributed by atoms with van der Waals surface area (Å²) in [5.41, 5.74) is 3.50. The molecule has 0 heterocycles. The molecule has 0 aliphatic rings. The van der Waals surface area contributed by atoms with Gasteiger partial charge in [-0.2, -0.15) is 0 Å². The number of carbonyl (C=O) groups is 2. The van der Waals surface area contributed by atoms with Crippen molar-refractivity contribution in [3.8, 4) is 0 Å². The lowest BCUT2D eigenvalue weighted by molar-refractivity contribution is -0.140. The van der Waals surface area contributed by atoms with E-state index < -0.39 is 6.04 Å². The van der Waals surface area contributed by atoms with Crippen molar-refractivity contribution in [1.82, 2.24) is 10.2 Å². The Kier molecular flexibility index (Phi) is 9.50. The maximum Gasteiger partial charge on any atom is 0.242 e. The monoisotopic (exact) mass is 500 g/mol. The first-order valence-electron chi connectivity index (χ1n) is 11.4. The minimum atomic E-state index is -0.543. The molecule has 5 heteroatoms. The number of hydrogen-bond donors (Lipinski definition) is 1. The van der Waals surface area contributed by atoms with Crippen molar-refractivity contribution in [2.75, 3.05) is 0 Å². The van der Waals surface area contributed by atoms with Crippen LogP contribution < -0.4 is 5.32 Å². The largest absolute Gasteiger partial charge is 0.352 e. The second-order valence-corrected chi connectivity index (χ2v) is 10.5. The summed E-state index contributed by atoms with van der Waals surface area (Å²) >= 11 is 3.50. The van der Waals surface area contributed by atoms with Crippen LogP contribution in [0, 0.1) is 0 Å². The Balaban J connectivity index is 2.14. The van der Waals surface area contributed by atoms with E-state index in [4.69, 9.17) is 0 Å². The zero-order valence-corrected chi connectivity index (χ0v) is 21.8. The molecule has 174 valence electrons. The van der Waals surface area contributed by atoms with Gasteiger partial charge in [0.25, 0.3) is 0 Å². The van der Waals surface area contributed by atoms with E-state index in [-0.39, 0.29) is 23.3 Å². The van der Waals surface area contributed by atoms with Crippen LogP contribution in [0.2, 0.25) is 0 Å². The van der Waals surface area contributed by atoms with E-state index in [1.807, 2.05) is 45.0 Å². The predicted octanol–water partition coefficient (Wildman–Crippen LogP) is 6.01. The number of amides is 2. The zero-order chi connectivity index (χ0) is 23.9. The highest BCUT2D eigenvalue weighted by Crippen LogP contribution is 2.23. The summed E-state index contributed by atoms with van der Waals surface area (Å²) in [6, 6.07) is 15.9. The SMILES string of the molecule is CC[C@H](C)NC(=O)[C@H](C)N(Cc1cccc(Br)c1)C(=O)CCc1ccc(C(C)(C)C)cc1. The smallest absolute Gasteiger partial charge is 0.242 e. The number of hydrogen-bond acceptors (Lipinski definition) is 2. The third kappa shape index (κ3) is 7.77. The van der Waals surface area contributed by atoms with E-state index in [1.165, 1.54) is 5.56 Å². The molecule has 4 nitrogen and oxygen atoms in total. The van der Waals surface area contributed by atoms with Crippen LogP contribution in [0.15, 0.2) is 53.0 Å². The average molecular weight is 502 g/mol. The number of benzene rings is 2. The Bertz CT molecular complexity index is 903. The Morgan fingerprint density at radius 1 is 1.03 bits per heavy atom. The van der Waals surface area contributed by atoms with Crippen molar-refractivity contribution in [2.45, 2.75) is 84.8 Å². The molecule has 1 N–H and O–H groups in total. The van der Waals surface area contributed by atoms with Gasteiger partial charge in [-0.3, -0.25) is 9.59 Å². The highest BCUT2D eigenvalue weighted by molar-refractivity contribution is 9.10. The quantitative estimate of drug-likeness (QED) is 0.458. The summed E-state index contributed by atoms with van der Waals surface area (Å²) in [6.07, 6.45) is 1.87. The molecule has 2 amide bonds. The standard InChI is InChI=1S/C27H37BrN2O2/c1-7-19(2)29-26(32)20(3)30(18-22-9-8-10-24(28)17-22)25(31)16-13-21-11-14-23(15-12-21)27(4,5)6/h8-12,14-15,17,19-20H,7,13,16,18H2,1-6H3,(H,29,32)/t19-,20-/m0/s1. The first-order valence-corrected chi connectivity index (χ1v) is 12.2. The van der Waals surface area contributed by atoms with Crippen molar-refractivity contribution in [1.29, 1.82) is 0 Å². The molecule has 0 unspecified atom stereocenters. The lowest BCUT2D eigenvalue weighted by atomic mass is 9.86. The van der Waals surface area contributed by atoms with Gasteiger partial charge in [0, 0.05) is 23.5 Å². The first-order chi connectivity index (χ1) is 15.0. The molecule has 0 saturated heterocycles. The van der Waals surface area contributed by atoms with Gasteiger partial charge < -0.3 is 10.2 Å². The Morgan fingerprint density at radius 3 is 2.25 bits per heavy atom. The number of rotatable bonds is 9. The molecule has 0 bridgehead atoms. The molecule has 0 spiro atoms. The number of carbonyl (C=O) groups excluding carboxylic acids is 2. The highest BCUT2D eigenvalue weighted by Gasteiger charge is 2.26. The maximum absolute atomic E-state index is 13.3. The number of halogens is 1. The van der Waals surface area contributed by atoms with E-state index in [1.54, 1.807) is 4.90 Å². The molecule has 0 aromatic heterocycles. The number of nitrogens with one attached hydrogen (secondary N) is 1. The molecule has 2 rings (SSSR count). The summed E-state index contributed by atoms with van der Waals surface area (Å²) in [5, 5.41) is 3.01. The third-order valence-corrected chi connectivity index (χ3v) is 6.35. The van der Waals surface area contributed by atoms with Crippen LogP contribution in [0.4, 0.5) is 0 Å². The van der Waals surface area contributed by atoms with Gasteiger partial charge in [-0.05, 0) is 60.9 Å². The maximum atomic E-state index is 13.3. The number of aryl methyl sites for hydroxylation is 1. The highest BCUT2D eigenvalue weighted by atomic mass is 79.9. The van der Waals surface area contributed by atoms with Gasteiger partial charge in [-0.25, -0.2) is 0 Å². The molecule has 2 aromatic carbocycles. The molecule has 0 radical (unpaired) electrons. The Hall–Kier alpha value is -2.14. The summed E-state index contributed by atoms with van der Waals surface area (Å²) in [4.78, 5) is 27.8. The second kappa shape index (κ2) is 11.6. The molecule has 2 aromatic rings. The van der Waals surface area contributed by atoms with Crippen LogP contribution in [-0.4, -0.2) is 28.8 Å². The third-order valence-electron chi connectivity index (χ3n) is 5.86. The van der Waals surface area contributed by atoms with E-state index in [2.05, 4.69) is 66.3 Å². The average Bonchev–Trinajstić information content (AvgIpc) is 2.75. The predicted molar refractivity (Wildman–Crippen MR) is 136 cm³/mol. The van der Waals surface area contributed by atoms with Crippen LogP contribution in [0.3, 0.4) is 0 Å². The Labute approximate surface area is 201 Å². The summed E-state index contributed by atoms with van der Waals surface area (Å²) in [6.45, 7) is 12.8. The van der Waals surface area contributed by atoms with Gasteiger partial charge in [0.05, 0.1) is 0 Å². The molecule has 2 atom stereocenters. The van der Waals surface area contributed by atoms with Crippen molar-refractivity contribution in [3.05, 3.63) is 69.7 Å². The zero-order valence-electron chi connectivity index (χ0n) is 20.2. The van der Waals surface area contributed by atoms with Gasteiger partial charge in [0.15, 0.2) is 0 Å². The molecule has 0 aliphatic heterocycles. The van der Waals surface area contributed by atoms with Crippen molar-refractivity contribution < 1.29 is 9.59 Å². The van der Waals surface area contributed by atoms with Crippen LogP contribution in [0.5, 0.6) is 0 Å². The van der Waals surface area contributed by atoms with E-state index in [9.17, 15) is 9.59 Å². The van der Waals surface area contributed by atoms with Crippen LogP contribution in [-0.2, 0) is 28.0 Å². The summed E-state index contributed by atoms with van der Waals surface area (Å²) in [7, 11) is 0. The van der Waals surface area contributed by atoms with Gasteiger partial charge >= 0.3 is 0 Å². The first kappa shape index (κ1) is 26.1. The van der Waals surface area contributed by atoms with Gasteiger partial charge in [0.2, 0.25) is 11.8 Å². The molecule has 0 saturated carbocycles. The summed E-state index contributed by atoms with van der Waals surface area (Å²) < 4.78 is 0.957. The molecule has 0 fully saturated rings. The molecule has 32 heavy (non-hydrogen) atoms. The number of nitrogens with zero attached hydrogens (tertiary/aromatic N) is 1. The van der Waals surface area contributed by atoms with E-state index in [0.717, 1.165) is 22.0 Å². The van der Waals surface area contributed by atoms with Gasteiger partial charge in [0.1, 0.15) is 6.04 Å². The topological polar surface area (TPSA) is 49.4 Å². The van der Waals surface area contributed by atoms with Crippen molar-refractivity contribution >= 4 is 27.7 Å². The lowest BCUT2D eigenvalue weighted by Crippen LogP contribution is -2.49. The van der Waals surface area contributed by atoms with Crippen molar-refractivity contribution in [2.24, 2.45) is 0 Å². The molecular formula is C27H37BrN2O2. The fraction of sp³-hybridized carbons (Fsp3) is 0.481. The molecule has 0 aliphatic carbocycles. The van der Waals surface area contributed by atoms with Gasteiger partial charge in [-0.1, -0.05) is 80.0 Å². The fourth-order valence-corrected chi connectivity index (χ4v) is 3.89. The van der Waals surface area contributed by atoms with Crippen LogP contribution in [0.1, 0.15) is 71.1 Å². The van der Waals surface area contributed by atoms with Crippen LogP contribution >= 0.6 is 15.9 Å².